The lowest BCUT2D eigenvalue weighted by Gasteiger charge is -2.15. The molecule has 0 aromatic heterocycles. The number of sulfonamides is 1. The first-order valence-electron chi connectivity index (χ1n) is 7.96. The maximum Gasteiger partial charge on any atom is 0.337 e. The second-order valence-electron chi connectivity index (χ2n) is 5.80. The third kappa shape index (κ3) is 3.82. The second-order valence-corrected chi connectivity index (χ2v) is 7.64. The molecule has 0 saturated heterocycles. The summed E-state index contributed by atoms with van der Waals surface area (Å²) in [5.41, 5.74) is 0.899. The van der Waals surface area contributed by atoms with Gasteiger partial charge in [-0.15, -0.1) is 0 Å². The molecule has 1 aliphatic heterocycles. The first-order valence-corrected chi connectivity index (χ1v) is 9.62. The van der Waals surface area contributed by atoms with Gasteiger partial charge in [-0.25, -0.2) is 13.2 Å². The minimum atomic E-state index is -3.85. The number of nitrogens with zero attached hydrogens (tertiary/aromatic N) is 1. The highest BCUT2D eigenvalue weighted by molar-refractivity contribution is 7.92. The van der Waals surface area contributed by atoms with Crippen LogP contribution in [0.4, 0.5) is 5.69 Å². The van der Waals surface area contributed by atoms with Crippen molar-refractivity contribution in [1.82, 2.24) is 4.90 Å². The summed E-state index contributed by atoms with van der Waals surface area (Å²) in [6.45, 7) is -0.279. The highest BCUT2D eigenvalue weighted by Crippen LogP contribution is 2.22. The van der Waals surface area contributed by atoms with Gasteiger partial charge in [-0.3, -0.25) is 19.2 Å². The summed E-state index contributed by atoms with van der Waals surface area (Å²) >= 11 is 0. The summed E-state index contributed by atoms with van der Waals surface area (Å²) in [6.07, 6.45) is 0. The van der Waals surface area contributed by atoms with Gasteiger partial charge in [0.1, 0.15) is 0 Å². The number of benzene rings is 2. The zero-order valence-electron chi connectivity index (χ0n) is 14.3. The van der Waals surface area contributed by atoms with E-state index in [1.165, 1.54) is 43.5 Å². The maximum atomic E-state index is 12.3. The van der Waals surface area contributed by atoms with E-state index in [2.05, 4.69) is 9.46 Å². The number of anilines is 1. The number of hydrogen-bond donors (Lipinski definition) is 1. The van der Waals surface area contributed by atoms with E-state index in [0.717, 1.165) is 4.90 Å². The van der Waals surface area contributed by atoms with Crippen LogP contribution in [0.25, 0.3) is 0 Å². The summed E-state index contributed by atoms with van der Waals surface area (Å²) in [4.78, 5) is 37.0. The maximum absolute atomic E-state index is 12.3. The van der Waals surface area contributed by atoms with E-state index >= 15 is 0 Å². The third-order valence-corrected chi connectivity index (χ3v) is 5.29. The Labute approximate surface area is 155 Å². The number of esters is 1. The number of fused-ring (bicyclic) bond motifs is 1. The lowest BCUT2D eigenvalue weighted by Crippen LogP contribution is -2.35. The fraction of sp³-hybridized carbons (Fsp3) is 0.167. The molecular formula is C18H16N2O6S. The molecule has 2 aromatic carbocycles. The second kappa shape index (κ2) is 7.20. The lowest BCUT2D eigenvalue weighted by molar-refractivity contribution is 0.0598. The Kier molecular flexibility index (Phi) is 4.95. The van der Waals surface area contributed by atoms with Crippen molar-refractivity contribution < 1.29 is 27.5 Å². The molecule has 0 bridgehead atoms. The van der Waals surface area contributed by atoms with E-state index in [9.17, 15) is 22.8 Å². The molecule has 1 N–H and O–H groups in total. The molecule has 2 aromatic rings. The van der Waals surface area contributed by atoms with E-state index in [1.807, 2.05) is 0 Å². The molecule has 140 valence electrons. The minimum Gasteiger partial charge on any atom is -0.465 e. The van der Waals surface area contributed by atoms with Gasteiger partial charge in [0.05, 0.1) is 29.6 Å². The van der Waals surface area contributed by atoms with Crippen molar-refractivity contribution in [2.24, 2.45) is 0 Å². The number of amides is 2. The van der Waals surface area contributed by atoms with Crippen LogP contribution in [0.5, 0.6) is 0 Å². The van der Waals surface area contributed by atoms with E-state index in [0.29, 0.717) is 0 Å². The number of methoxy groups -OCH3 is 1. The van der Waals surface area contributed by atoms with Crippen molar-refractivity contribution in [3.8, 4) is 0 Å². The fourth-order valence-corrected chi connectivity index (χ4v) is 3.72. The highest BCUT2D eigenvalue weighted by atomic mass is 32.2. The SMILES string of the molecule is COC(=O)c1cccc(NS(=O)(=O)CCN2C(=O)c3ccccc3C2=O)c1. The molecule has 3 rings (SSSR count). The Morgan fingerprint density at radius 1 is 1.04 bits per heavy atom. The molecule has 0 aliphatic carbocycles. The molecule has 27 heavy (non-hydrogen) atoms. The molecule has 0 fully saturated rings. The summed E-state index contributed by atoms with van der Waals surface area (Å²) in [6, 6.07) is 12.1. The average molecular weight is 388 g/mol. The van der Waals surface area contributed by atoms with Gasteiger partial charge in [-0.05, 0) is 30.3 Å². The fourth-order valence-electron chi connectivity index (χ4n) is 2.71. The number of carbonyl (C=O) groups excluding carboxylic acids is 3. The van der Waals surface area contributed by atoms with Crippen LogP contribution >= 0.6 is 0 Å². The van der Waals surface area contributed by atoms with E-state index in [4.69, 9.17) is 0 Å². The topological polar surface area (TPSA) is 110 Å². The van der Waals surface area contributed by atoms with Crippen LogP contribution in [0.3, 0.4) is 0 Å². The van der Waals surface area contributed by atoms with Crippen molar-refractivity contribution in [3.63, 3.8) is 0 Å². The summed E-state index contributed by atoms with van der Waals surface area (Å²) in [5, 5.41) is 0. The molecular weight excluding hydrogens is 372 g/mol. The Morgan fingerprint density at radius 2 is 1.67 bits per heavy atom. The standard InChI is InChI=1S/C18H16N2O6S/c1-26-18(23)12-5-4-6-13(11-12)19-27(24,25)10-9-20-16(21)14-7-2-3-8-15(14)17(20)22/h2-8,11,19H,9-10H2,1H3. The van der Waals surface area contributed by atoms with E-state index in [1.54, 1.807) is 12.1 Å². The van der Waals surface area contributed by atoms with Gasteiger partial charge in [-0.1, -0.05) is 18.2 Å². The molecule has 9 heteroatoms. The van der Waals surface area contributed by atoms with Crippen LogP contribution in [0.15, 0.2) is 48.5 Å². The van der Waals surface area contributed by atoms with Gasteiger partial charge >= 0.3 is 5.97 Å². The molecule has 0 atom stereocenters. The molecule has 0 radical (unpaired) electrons. The smallest absolute Gasteiger partial charge is 0.337 e. The predicted octanol–water partition coefficient (Wildman–Crippen LogP) is 1.51. The van der Waals surface area contributed by atoms with Gasteiger partial charge in [0, 0.05) is 12.2 Å². The molecule has 0 spiro atoms. The lowest BCUT2D eigenvalue weighted by atomic mass is 10.1. The first-order chi connectivity index (χ1) is 12.8. The Morgan fingerprint density at radius 3 is 2.26 bits per heavy atom. The normalized spacial score (nSPS) is 13.4. The van der Waals surface area contributed by atoms with Gasteiger partial charge in [0.15, 0.2) is 0 Å². The van der Waals surface area contributed by atoms with Crippen molar-refractivity contribution in [3.05, 3.63) is 65.2 Å². The summed E-state index contributed by atoms with van der Waals surface area (Å²) in [7, 11) is -2.63. The largest absolute Gasteiger partial charge is 0.465 e. The van der Waals surface area contributed by atoms with Crippen molar-refractivity contribution in [1.29, 1.82) is 0 Å². The molecule has 8 nitrogen and oxygen atoms in total. The Bertz CT molecular complexity index is 997. The Hall–Kier alpha value is -3.20. The van der Waals surface area contributed by atoms with Crippen LogP contribution in [-0.2, 0) is 14.8 Å². The molecule has 0 unspecified atom stereocenters. The van der Waals surface area contributed by atoms with Crippen LogP contribution in [-0.4, -0.2) is 50.5 Å². The molecule has 1 heterocycles. The van der Waals surface area contributed by atoms with Crippen molar-refractivity contribution >= 4 is 33.5 Å². The number of carbonyl (C=O) groups is 3. The minimum absolute atomic E-state index is 0.181. The number of ether oxygens (including phenoxy) is 1. The van der Waals surface area contributed by atoms with Gasteiger partial charge in [0.25, 0.3) is 11.8 Å². The van der Waals surface area contributed by atoms with Crippen molar-refractivity contribution in [2.45, 2.75) is 0 Å². The average Bonchev–Trinajstić information content (AvgIpc) is 2.90. The van der Waals surface area contributed by atoms with Crippen LogP contribution in [0, 0.1) is 0 Å². The quantitative estimate of drug-likeness (QED) is 0.593. The van der Waals surface area contributed by atoms with Gasteiger partial charge < -0.3 is 4.74 Å². The Balaban J connectivity index is 1.69. The zero-order chi connectivity index (χ0) is 19.6. The van der Waals surface area contributed by atoms with E-state index in [-0.39, 0.29) is 28.9 Å². The van der Waals surface area contributed by atoms with Gasteiger partial charge in [-0.2, -0.15) is 0 Å². The zero-order valence-corrected chi connectivity index (χ0v) is 15.2. The number of rotatable bonds is 6. The predicted molar refractivity (Wildman–Crippen MR) is 97.0 cm³/mol. The van der Waals surface area contributed by atoms with Crippen LogP contribution in [0.1, 0.15) is 31.1 Å². The third-order valence-electron chi connectivity index (χ3n) is 4.02. The summed E-state index contributed by atoms with van der Waals surface area (Å²) < 4.78 is 31.6. The van der Waals surface area contributed by atoms with Crippen LogP contribution in [0.2, 0.25) is 0 Å². The highest BCUT2D eigenvalue weighted by Gasteiger charge is 2.35. The molecule has 1 aliphatic rings. The van der Waals surface area contributed by atoms with E-state index < -0.39 is 33.6 Å². The number of hydrogen-bond acceptors (Lipinski definition) is 6. The molecule has 0 saturated carbocycles. The molecule has 2 amide bonds. The number of nitrogens with one attached hydrogen (secondary N) is 1. The summed E-state index contributed by atoms with van der Waals surface area (Å²) in [5.74, 6) is -2.10. The monoisotopic (exact) mass is 388 g/mol. The van der Waals surface area contributed by atoms with Crippen molar-refractivity contribution in [2.75, 3.05) is 24.1 Å². The van der Waals surface area contributed by atoms with Crippen LogP contribution < -0.4 is 4.72 Å². The first kappa shape index (κ1) is 18.6. The number of imide groups is 1. The van der Waals surface area contributed by atoms with Gasteiger partial charge in [0.2, 0.25) is 10.0 Å².